The third-order valence-electron chi connectivity index (χ3n) is 5.12. The summed E-state index contributed by atoms with van der Waals surface area (Å²) in [5, 5.41) is 10.8. The van der Waals surface area contributed by atoms with E-state index in [2.05, 4.69) is 20.4 Å². The van der Waals surface area contributed by atoms with E-state index in [0.717, 1.165) is 35.4 Å². The molecule has 2 heterocycles. The molecule has 2 amide bonds. The van der Waals surface area contributed by atoms with E-state index in [9.17, 15) is 9.59 Å². The zero-order valence-electron chi connectivity index (χ0n) is 18.0. The maximum absolute atomic E-state index is 12.6. The smallest absolute Gasteiger partial charge is 0.410 e. The summed E-state index contributed by atoms with van der Waals surface area (Å²) in [5.74, 6) is -0.163. The topological polar surface area (TPSA) is 90.6 Å². The van der Waals surface area contributed by atoms with Crippen molar-refractivity contribution >= 4 is 34.3 Å². The van der Waals surface area contributed by atoms with Gasteiger partial charge in [-0.2, -0.15) is 5.10 Å². The predicted octanol–water partition coefficient (Wildman–Crippen LogP) is 3.87. The van der Waals surface area contributed by atoms with Gasteiger partial charge in [-0.3, -0.25) is 9.89 Å². The standard InChI is InChI=1S/C23H27N5O3/c1-23(2,3)31-22(30)28-12-10-27(11-13-28)19-7-4-16(5-8-19)21(29)25-18-6-9-20-17(14-18)15-24-26-20/h4-9,14-15H,10-13H2,1-3H3,(H,24,26)(H,25,29). The molecule has 31 heavy (non-hydrogen) atoms. The Labute approximate surface area is 181 Å². The molecule has 1 aromatic heterocycles. The first-order valence-corrected chi connectivity index (χ1v) is 10.4. The number of hydrogen-bond acceptors (Lipinski definition) is 5. The van der Waals surface area contributed by atoms with Crippen LogP contribution in [0.2, 0.25) is 0 Å². The molecule has 0 atom stereocenters. The SMILES string of the molecule is CC(C)(C)OC(=O)N1CCN(c2ccc(C(=O)Nc3ccc4[nH]ncc4c3)cc2)CC1. The molecule has 3 aromatic rings. The molecule has 8 heteroatoms. The highest BCUT2D eigenvalue weighted by Gasteiger charge is 2.26. The minimum absolute atomic E-state index is 0.163. The molecular weight excluding hydrogens is 394 g/mol. The maximum Gasteiger partial charge on any atom is 0.410 e. The van der Waals surface area contributed by atoms with Crippen molar-refractivity contribution < 1.29 is 14.3 Å². The van der Waals surface area contributed by atoms with Crippen LogP contribution < -0.4 is 10.2 Å². The number of nitrogens with one attached hydrogen (secondary N) is 2. The minimum atomic E-state index is -0.491. The summed E-state index contributed by atoms with van der Waals surface area (Å²) in [7, 11) is 0. The lowest BCUT2D eigenvalue weighted by Gasteiger charge is -2.36. The fourth-order valence-corrected chi connectivity index (χ4v) is 3.52. The molecule has 8 nitrogen and oxygen atoms in total. The van der Waals surface area contributed by atoms with Gasteiger partial charge in [0, 0.05) is 48.5 Å². The highest BCUT2D eigenvalue weighted by Crippen LogP contribution is 2.21. The highest BCUT2D eigenvalue weighted by atomic mass is 16.6. The Kier molecular flexibility index (Phi) is 5.54. The molecule has 1 fully saturated rings. The molecule has 4 rings (SSSR count). The molecule has 2 N–H and O–H groups in total. The van der Waals surface area contributed by atoms with Gasteiger partial charge in [-0.1, -0.05) is 0 Å². The normalized spacial score (nSPS) is 14.5. The molecule has 0 saturated carbocycles. The lowest BCUT2D eigenvalue weighted by molar-refractivity contribution is 0.0240. The Bertz CT molecular complexity index is 1080. The summed E-state index contributed by atoms with van der Waals surface area (Å²) in [6.45, 7) is 8.25. The van der Waals surface area contributed by atoms with Crippen molar-refractivity contribution in [3.63, 3.8) is 0 Å². The first-order valence-electron chi connectivity index (χ1n) is 10.4. The van der Waals surface area contributed by atoms with Crippen LogP contribution in [0.15, 0.2) is 48.7 Å². The summed E-state index contributed by atoms with van der Waals surface area (Å²) in [6.07, 6.45) is 1.45. The second-order valence-electron chi connectivity index (χ2n) is 8.63. The molecule has 0 unspecified atom stereocenters. The molecule has 0 aliphatic carbocycles. The van der Waals surface area contributed by atoms with Gasteiger partial charge >= 0.3 is 6.09 Å². The molecule has 1 saturated heterocycles. The Morgan fingerprint density at radius 2 is 1.74 bits per heavy atom. The first kappa shape index (κ1) is 20.7. The number of rotatable bonds is 3. The zero-order valence-corrected chi connectivity index (χ0v) is 18.0. The summed E-state index contributed by atoms with van der Waals surface area (Å²) in [5.41, 5.74) is 2.77. The second-order valence-corrected chi connectivity index (χ2v) is 8.63. The number of amides is 2. The monoisotopic (exact) mass is 421 g/mol. The van der Waals surface area contributed by atoms with Crippen molar-refractivity contribution in [2.24, 2.45) is 0 Å². The highest BCUT2D eigenvalue weighted by molar-refractivity contribution is 6.05. The van der Waals surface area contributed by atoms with E-state index in [4.69, 9.17) is 4.74 Å². The summed E-state index contributed by atoms with van der Waals surface area (Å²) >= 11 is 0. The lowest BCUT2D eigenvalue weighted by atomic mass is 10.1. The molecule has 1 aliphatic rings. The number of H-pyrrole nitrogens is 1. The van der Waals surface area contributed by atoms with E-state index in [1.807, 2.05) is 63.2 Å². The van der Waals surface area contributed by atoms with Crippen LogP contribution in [-0.2, 0) is 4.74 Å². The van der Waals surface area contributed by atoms with Crippen molar-refractivity contribution in [1.29, 1.82) is 0 Å². The van der Waals surface area contributed by atoms with E-state index >= 15 is 0 Å². The van der Waals surface area contributed by atoms with E-state index in [-0.39, 0.29) is 12.0 Å². The average molecular weight is 422 g/mol. The quantitative estimate of drug-likeness (QED) is 0.670. The first-order chi connectivity index (χ1) is 14.8. The van der Waals surface area contributed by atoms with Gasteiger partial charge in [-0.05, 0) is 63.2 Å². The minimum Gasteiger partial charge on any atom is -0.444 e. The second kappa shape index (κ2) is 8.29. The van der Waals surface area contributed by atoms with Crippen LogP contribution >= 0.6 is 0 Å². The number of hydrogen-bond donors (Lipinski definition) is 2. The number of ether oxygens (including phenoxy) is 1. The Morgan fingerprint density at radius 1 is 1.03 bits per heavy atom. The molecule has 0 radical (unpaired) electrons. The van der Waals surface area contributed by atoms with E-state index in [1.54, 1.807) is 11.1 Å². The summed E-state index contributed by atoms with van der Waals surface area (Å²) < 4.78 is 5.45. The summed E-state index contributed by atoms with van der Waals surface area (Å²) in [6, 6.07) is 13.1. The van der Waals surface area contributed by atoms with Gasteiger partial charge in [0.15, 0.2) is 0 Å². The fraction of sp³-hybridized carbons (Fsp3) is 0.348. The van der Waals surface area contributed by atoms with E-state index in [0.29, 0.717) is 18.7 Å². The fourth-order valence-electron chi connectivity index (χ4n) is 3.52. The third-order valence-corrected chi connectivity index (χ3v) is 5.12. The largest absolute Gasteiger partial charge is 0.444 e. The Balaban J connectivity index is 1.34. The van der Waals surface area contributed by atoms with Crippen LogP contribution in [0.25, 0.3) is 10.9 Å². The van der Waals surface area contributed by atoms with E-state index in [1.165, 1.54) is 0 Å². The van der Waals surface area contributed by atoms with Gasteiger partial charge < -0.3 is 19.9 Å². The number of carbonyl (C=O) groups excluding carboxylic acids is 2. The number of aromatic nitrogens is 2. The number of aromatic amines is 1. The Morgan fingerprint density at radius 3 is 2.42 bits per heavy atom. The number of nitrogens with zero attached hydrogens (tertiary/aromatic N) is 3. The number of fused-ring (bicyclic) bond motifs is 1. The number of carbonyl (C=O) groups is 2. The Hall–Kier alpha value is -3.55. The maximum atomic E-state index is 12.6. The van der Waals surface area contributed by atoms with Gasteiger partial charge in [0.25, 0.3) is 5.91 Å². The van der Waals surface area contributed by atoms with Crippen molar-refractivity contribution in [3.8, 4) is 0 Å². The van der Waals surface area contributed by atoms with Crippen molar-refractivity contribution in [1.82, 2.24) is 15.1 Å². The molecule has 0 spiro atoms. The number of anilines is 2. The predicted molar refractivity (Wildman–Crippen MR) is 121 cm³/mol. The third kappa shape index (κ3) is 4.96. The lowest BCUT2D eigenvalue weighted by Crippen LogP contribution is -2.50. The summed E-state index contributed by atoms with van der Waals surface area (Å²) in [4.78, 5) is 28.8. The van der Waals surface area contributed by atoms with Crippen LogP contribution in [0.5, 0.6) is 0 Å². The van der Waals surface area contributed by atoms with Crippen molar-refractivity contribution in [3.05, 3.63) is 54.2 Å². The van der Waals surface area contributed by atoms with Gasteiger partial charge in [0.05, 0.1) is 11.7 Å². The van der Waals surface area contributed by atoms with Crippen LogP contribution in [0.3, 0.4) is 0 Å². The van der Waals surface area contributed by atoms with Gasteiger partial charge in [0.2, 0.25) is 0 Å². The van der Waals surface area contributed by atoms with Crippen LogP contribution in [0.4, 0.5) is 16.2 Å². The molecular formula is C23H27N5O3. The molecule has 1 aliphatic heterocycles. The zero-order chi connectivity index (χ0) is 22.0. The molecule has 0 bridgehead atoms. The van der Waals surface area contributed by atoms with Gasteiger partial charge in [0.1, 0.15) is 5.60 Å². The van der Waals surface area contributed by atoms with Crippen LogP contribution in [-0.4, -0.2) is 58.9 Å². The van der Waals surface area contributed by atoms with Crippen molar-refractivity contribution in [2.45, 2.75) is 26.4 Å². The van der Waals surface area contributed by atoms with E-state index < -0.39 is 5.60 Å². The molecule has 162 valence electrons. The van der Waals surface area contributed by atoms with Gasteiger partial charge in [-0.25, -0.2) is 4.79 Å². The number of piperazine rings is 1. The molecule has 2 aromatic carbocycles. The number of benzene rings is 2. The average Bonchev–Trinajstić information content (AvgIpc) is 3.21. The van der Waals surface area contributed by atoms with Crippen LogP contribution in [0.1, 0.15) is 31.1 Å². The van der Waals surface area contributed by atoms with Gasteiger partial charge in [-0.15, -0.1) is 0 Å². The van der Waals surface area contributed by atoms with Crippen LogP contribution in [0, 0.1) is 0 Å². The van der Waals surface area contributed by atoms with Crippen molar-refractivity contribution in [2.75, 3.05) is 36.4 Å².